The number of carbonyl (C=O) groups is 1. The van der Waals surface area contributed by atoms with Gasteiger partial charge in [0.05, 0.1) is 5.56 Å². The minimum atomic E-state index is -0.200. The van der Waals surface area contributed by atoms with Crippen LogP contribution in [0.25, 0.3) is 53.9 Å². The van der Waals surface area contributed by atoms with Crippen molar-refractivity contribution in [2.75, 3.05) is 0 Å². The number of benzene rings is 6. The van der Waals surface area contributed by atoms with E-state index < -0.39 is 0 Å². The zero-order valence-corrected chi connectivity index (χ0v) is 22.9. The highest BCUT2D eigenvalue weighted by Crippen LogP contribution is 2.40. The zero-order chi connectivity index (χ0) is 26.7. The average molecular weight is 511 g/mol. The highest BCUT2D eigenvalue weighted by molar-refractivity contribution is 6.32. The summed E-state index contributed by atoms with van der Waals surface area (Å²) in [6, 6.07) is 32.4. The first-order valence-corrected chi connectivity index (χ1v) is 14.4. The van der Waals surface area contributed by atoms with E-state index in [1.54, 1.807) is 0 Å². The molecule has 1 aliphatic carbocycles. The molecule has 7 rings (SSSR count). The van der Waals surface area contributed by atoms with E-state index in [1.165, 1.54) is 49.5 Å². The summed E-state index contributed by atoms with van der Waals surface area (Å²) in [7, 11) is 0. The fourth-order valence-electron chi connectivity index (χ4n) is 7.04. The van der Waals surface area contributed by atoms with Gasteiger partial charge in [-0.2, -0.15) is 0 Å². The van der Waals surface area contributed by atoms with E-state index in [9.17, 15) is 4.79 Å². The van der Waals surface area contributed by atoms with E-state index in [0.717, 1.165) is 23.6 Å². The van der Waals surface area contributed by atoms with Crippen molar-refractivity contribution in [3.05, 3.63) is 96.6 Å². The highest BCUT2D eigenvalue weighted by atomic mass is 16.5. The molecular weight excluding hydrogens is 476 g/mol. The smallest absolute Gasteiger partial charge is 0.338 e. The molecule has 6 aromatic rings. The number of hydrogen-bond donors (Lipinski definition) is 0. The molecular formula is C37H34O2. The Morgan fingerprint density at radius 1 is 0.692 bits per heavy atom. The van der Waals surface area contributed by atoms with E-state index >= 15 is 0 Å². The van der Waals surface area contributed by atoms with Crippen LogP contribution in [0.4, 0.5) is 0 Å². The van der Waals surface area contributed by atoms with E-state index in [4.69, 9.17) is 4.74 Å². The number of carbonyl (C=O) groups excluding carboxylic acids is 1. The molecule has 0 spiro atoms. The van der Waals surface area contributed by atoms with Gasteiger partial charge in [0.1, 0.15) is 6.10 Å². The molecule has 2 heteroatoms. The van der Waals surface area contributed by atoms with Crippen molar-refractivity contribution in [1.29, 1.82) is 0 Å². The fourth-order valence-corrected chi connectivity index (χ4v) is 7.04. The van der Waals surface area contributed by atoms with Crippen molar-refractivity contribution in [3.8, 4) is 0 Å². The van der Waals surface area contributed by atoms with Gasteiger partial charge in [-0.3, -0.25) is 0 Å². The minimum absolute atomic E-state index is 0.0133. The Morgan fingerprint density at radius 2 is 1.26 bits per heavy atom. The lowest BCUT2D eigenvalue weighted by Crippen LogP contribution is -2.35. The molecule has 194 valence electrons. The van der Waals surface area contributed by atoms with E-state index in [-0.39, 0.29) is 12.1 Å². The standard InChI is InChI=1S/C37H34O2/c1-22(2)30-19-8-23(3)20-33(30)39-37(38)29-18-11-25-10-13-27-15-17-28-16-14-26-12-9-24-6-4-5-7-31(24)34(26)36(28)35(27)32(25)21-29/h4-7,9-18,21-23,30,33H,8,19-20H2,1-3H3/t23-,30+,33-/m0/s1. The van der Waals surface area contributed by atoms with Crippen LogP contribution in [0.3, 0.4) is 0 Å². The fraction of sp³-hybridized carbons (Fsp3) is 0.270. The summed E-state index contributed by atoms with van der Waals surface area (Å²) < 4.78 is 6.26. The van der Waals surface area contributed by atoms with E-state index in [1.807, 2.05) is 6.07 Å². The van der Waals surface area contributed by atoms with Crippen molar-refractivity contribution in [2.24, 2.45) is 17.8 Å². The lowest BCUT2D eigenvalue weighted by molar-refractivity contribution is -0.0173. The summed E-state index contributed by atoms with van der Waals surface area (Å²) >= 11 is 0. The maximum atomic E-state index is 13.6. The van der Waals surface area contributed by atoms with Crippen molar-refractivity contribution < 1.29 is 9.53 Å². The van der Waals surface area contributed by atoms with Gasteiger partial charge in [0.25, 0.3) is 0 Å². The summed E-state index contributed by atoms with van der Waals surface area (Å²) in [5, 5.41) is 12.1. The van der Waals surface area contributed by atoms with E-state index in [0.29, 0.717) is 23.3 Å². The molecule has 6 aromatic carbocycles. The summed E-state index contributed by atoms with van der Waals surface area (Å²) in [6.07, 6.45) is 3.29. The Balaban J connectivity index is 1.44. The van der Waals surface area contributed by atoms with Crippen LogP contribution in [-0.4, -0.2) is 12.1 Å². The first-order valence-electron chi connectivity index (χ1n) is 14.4. The van der Waals surface area contributed by atoms with Gasteiger partial charge < -0.3 is 4.74 Å². The maximum absolute atomic E-state index is 13.6. The molecule has 3 atom stereocenters. The topological polar surface area (TPSA) is 26.3 Å². The largest absolute Gasteiger partial charge is 0.458 e. The van der Waals surface area contributed by atoms with Crippen LogP contribution < -0.4 is 0 Å². The molecule has 0 amide bonds. The van der Waals surface area contributed by atoms with Gasteiger partial charge in [-0.15, -0.1) is 0 Å². The molecule has 0 radical (unpaired) electrons. The number of ether oxygens (including phenoxy) is 1. The highest BCUT2D eigenvalue weighted by Gasteiger charge is 2.33. The predicted molar refractivity (Wildman–Crippen MR) is 165 cm³/mol. The molecule has 0 aromatic heterocycles. The monoisotopic (exact) mass is 510 g/mol. The SMILES string of the molecule is CC(C)[C@H]1CC[C@H](C)C[C@@H]1OC(=O)c1ccc2ccc3ccc4ccc5ccc6ccccc6c5c4c3c2c1. The number of fused-ring (bicyclic) bond motifs is 9. The first-order chi connectivity index (χ1) is 19.0. The van der Waals surface area contributed by atoms with Gasteiger partial charge in [0, 0.05) is 0 Å². The van der Waals surface area contributed by atoms with E-state index in [2.05, 4.69) is 106 Å². The minimum Gasteiger partial charge on any atom is -0.458 e. The lowest BCUT2D eigenvalue weighted by Gasteiger charge is -2.36. The molecule has 0 N–H and O–H groups in total. The summed E-state index contributed by atoms with van der Waals surface area (Å²) in [4.78, 5) is 13.6. The van der Waals surface area contributed by atoms with Crippen molar-refractivity contribution in [1.82, 2.24) is 0 Å². The number of hydrogen-bond acceptors (Lipinski definition) is 2. The third-order valence-corrected chi connectivity index (χ3v) is 9.14. The average Bonchev–Trinajstić information content (AvgIpc) is 2.95. The lowest BCUT2D eigenvalue weighted by atomic mass is 9.75. The second-order valence-corrected chi connectivity index (χ2v) is 12.0. The van der Waals surface area contributed by atoms with Gasteiger partial charge >= 0.3 is 5.97 Å². The van der Waals surface area contributed by atoms with Crippen molar-refractivity contribution in [2.45, 2.75) is 46.1 Å². The maximum Gasteiger partial charge on any atom is 0.338 e. The Hall–Kier alpha value is -3.91. The summed E-state index contributed by atoms with van der Waals surface area (Å²) in [5.41, 5.74) is 0.637. The first kappa shape index (κ1) is 24.2. The Bertz CT molecular complexity index is 1880. The molecule has 0 bridgehead atoms. The van der Waals surface area contributed by atoms with Crippen LogP contribution in [0.15, 0.2) is 91.0 Å². The Morgan fingerprint density at radius 3 is 1.95 bits per heavy atom. The predicted octanol–water partition coefficient (Wildman–Crippen LogP) is 10.1. The van der Waals surface area contributed by atoms with Crippen LogP contribution in [0, 0.1) is 17.8 Å². The third kappa shape index (κ3) is 4.05. The second kappa shape index (κ2) is 9.38. The number of esters is 1. The Kier molecular flexibility index (Phi) is 5.81. The van der Waals surface area contributed by atoms with Crippen LogP contribution in [0.5, 0.6) is 0 Å². The molecule has 1 fully saturated rings. The van der Waals surface area contributed by atoms with Gasteiger partial charge in [0.15, 0.2) is 0 Å². The normalized spacial score (nSPS) is 19.9. The van der Waals surface area contributed by atoms with Gasteiger partial charge in [-0.1, -0.05) is 106 Å². The second-order valence-electron chi connectivity index (χ2n) is 12.0. The van der Waals surface area contributed by atoms with Gasteiger partial charge in [-0.25, -0.2) is 4.79 Å². The molecule has 1 saturated carbocycles. The van der Waals surface area contributed by atoms with Crippen LogP contribution in [0.2, 0.25) is 0 Å². The van der Waals surface area contributed by atoms with Crippen LogP contribution >= 0.6 is 0 Å². The Labute approximate surface area is 229 Å². The van der Waals surface area contributed by atoms with Crippen molar-refractivity contribution >= 4 is 59.8 Å². The molecule has 0 aliphatic heterocycles. The molecule has 2 nitrogen and oxygen atoms in total. The molecule has 0 heterocycles. The molecule has 39 heavy (non-hydrogen) atoms. The van der Waals surface area contributed by atoms with Crippen LogP contribution in [-0.2, 0) is 4.74 Å². The summed E-state index contributed by atoms with van der Waals surface area (Å²) in [5.74, 6) is 1.32. The van der Waals surface area contributed by atoms with Gasteiger partial charge in [0.2, 0.25) is 0 Å². The van der Waals surface area contributed by atoms with Crippen molar-refractivity contribution in [3.63, 3.8) is 0 Å². The molecule has 0 unspecified atom stereocenters. The molecule has 1 aliphatic rings. The molecule has 0 saturated heterocycles. The van der Waals surface area contributed by atoms with Gasteiger partial charge in [-0.05, 0) is 96.6 Å². The number of rotatable bonds is 3. The van der Waals surface area contributed by atoms with Crippen LogP contribution in [0.1, 0.15) is 50.4 Å². The third-order valence-electron chi connectivity index (χ3n) is 9.14. The summed E-state index contributed by atoms with van der Waals surface area (Å²) in [6.45, 7) is 6.78. The quantitative estimate of drug-likeness (QED) is 0.175. The zero-order valence-electron chi connectivity index (χ0n) is 22.9.